The maximum atomic E-state index is 12.6. The molecule has 2 fully saturated rings. The number of anilines is 1. The maximum Gasteiger partial charge on any atom is 0.319 e. The number of piperazine rings is 1. The first kappa shape index (κ1) is 18.2. The zero-order valence-electron chi connectivity index (χ0n) is 15.6. The summed E-state index contributed by atoms with van der Waals surface area (Å²) >= 11 is 0. The van der Waals surface area contributed by atoms with Crippen LogP contribution in [-0.4, -0.2) is 47.4 Å². The summed E-state index contributed by atoms with van der Waals surface area (Å²) in [5.74, 6) is -0.168. The standard InChI is InChI=1S/C19H26N4O3/c1-10(2)16-18(25)23-9-14(8-15(23)17(24)22-16)21-19(26)20-13-6-5-11(3)12(4)7-13/h5-7,10,14-16H,8-9H2,1-4H3,(H,22,24)(H2,20,21,26)/t14-,15-,16+/m0/s1. The second-order valence-corrected chi connectivity index (χ2v) is 7.57. The second-order valence-electron chi connectivity index (χ2n) is 7.57. The second kappa shape index (κ2) is 6.97. The number of hydrogen-bond acceptors (Lipinski definition) is 3. The number of nitrogens with zero attached hydrogens (tertiary/aromatic N) is 1. The molecule has 2 aliphatic heterocycles. The molecule has 0 aromatic heterocycles. The molecule has 1 aromatic carbocycles. The van der Waals surface area contributed by atoms with Crippen molar-refractivity contribution in [2.24, 2.45) is 5.92 Å². The quantitative estimate of drug-likeness (QED) is 0.766. The van der Waals surface area contributed by atoms with E-state index < -0.39 is 12.1 Å². The van der Waals surface area contributed by atoms with Crippen LogP contribution in [0.5, 0.6) is 0 Å². The van der Waals surface area contributed by atoms with Gasteiger partial charge in [0.25, 0.3) is 0 Å². The maximum absolute atomic E-state index is 12.6. The van der Waals surface area contributed by atoms with E-state index in [1.54, 1.807) is 4.90 Å². The largest absolute Gasteiger partial charge is 0.342 e. The first-order valence-corrected chi connectivity index (χ1v) is 9.02. The molecule has 4 amide bonds. The molecule has 2 aliphatic rings. The number of carbonyl (C=O) groups is 3. The zero-order chi connectivity index (χ0) is 19.0. The Morgan fingerprint density at radius 2 is 1.96 bits per heavy atom. The van der Waals surface area contributed by atoms with E-state index in [1.165, 1.54) is 0 Å². The molecular formula is C19H26N4O3. The highest BCUT2D eigenvalue weighted by Crippen LogP contribution is 2.25. The predicted octanol–water partition coefficient (Wildman–Crippen LogP) is 1.55. The normalized spacial score (nSPS) is 25.1. The topological polar surface area (TPSA) is 90.5 Å². The number of carbonyl (C=O) groups excluding carboxylic acids is 3. The fourth-order valence-electron chi connectivity index (χ4n) is 3.55. The molecule has 0 spiro atoms. The van der Waals surface area contributed by atoms with E-state index in [0.29, 0.717) is 13.0 Å². The van der Waals surface area contributed by atoms with Crippen LogP contribution in [0.4, 0.5) is 10.5 Å². The molecule has 0 radical (unpaired) electrons. The van der Waals surface area contributed by atoms with E-state index in [9.17, 15) is 14.4 Å². The molecule has 2 saturated heterocycles. The molecule has 3 atom stereocenters. The van der Waals surface area contributed by atoms with Crippen molar-refractivity contribution >= 4 is 23.5 Å². The van der Waals surface area contributed by atoms with Gasteiger partial charge >= 0.3 is 6.03 Å². The minimum absolute atomic E-state index is 0.0347. The van der Waals surface area contributed by atoms with Crippen molar-refractivity contribution in [2.75, 3.05) is 11.9 Å². The van der Waals surface area contributed by atoms with E-state index in [-0.39, 0.29) is 29.8 Å². The summed E-state index contributed by atoms with van der Waals surface area (Å²) in [6.45, 7) is 8.18. The lowest BCUT2D eigenvalue weighted by Gasteiger charge is -2.36. The monoisotopic (exact) mass is 358 g/mol. The van der Waals surface area contributed by atoms with Gasteiger partial charge in [-0.15, -0.1) is 0 Å². The third kappa shape index (κ3) is 3.52. The summed E-state index contributed by atoms with van der Waals surface area (Å²) in [7, 11) is 0. The molecule has 3 rings (SSSR count). The molecule has 0 saturated carbocycles. The molecule has 0 bridgehead atoms. The summed E-state index contributed by atoms with van der Waals surface area (Å²) in [6.07, 6.45) is 0.433. The summed E-state index contributed by atoms with van der Waals surface area (Å²) < 4.78 is 0. The SMILES string of the molecule is Cc1ccc(NC(=O)N[C@H]2C[C@H]3C(=O)N[C@H](C(C)C)C(=O)N3C2)cc1C. The smallest absolute Gasteiger partial charge is 0.319 e. The van der Waals surface area contributed by atoms with E-state index in [0.717, 1.165) is 16.8 Å². The first-order valence-electron chi connectivity index (χ1n) is 9.02. The average molecular weight is 358 g/mol. The molecule has 0 aliphatic carbocycles. The van der Waals surface area contributed by atoms with Crippen molar-refractivity contribution in [3.63, 3.8) is 0 Å². The number of amides is 4. The highest BCUT2D eigenvalue weighted by molar-refractivity contribution is 5.98. The van der Waals surface area contributed by atoms with Gasteiger partial charge in [0.2, 0.25) is 11.8 Å². The van der Waals surface area contributed by atoms with Crippen LogP contribution in [0.15, 0.2) is 18.2 Å². The molecule has 3 N–H and O–H groups in total. The Morgan fingerprint density at radius 1 is 1.23 bits per heavy atom. The van der Waals surface area contributed by atoms with Crippen LogP contribution in [0.1, 0.15) is 31.4 Å². The van der Waals surface area contributed by atoms with Gasteiger partial charge in [0, 0.05) is 12.2 Å². The molecule has 7 nitrogen and oxygen atoms in total. The summed E-state index contributed by atoms with van der Waals surface area (Å²) in [5, 5.41) is 8.50. The van der Waals surface area contributed by atoms with E-state index >= 15 is 0 Å². The van der Waals surface area contributed by atoms with Crippen LogP contribution in [0.2, 0.25) is 0 Å². The van der Waals surface area contributed by atoms with Crippen LogP contribution >= 0.6 is 0 Å². The third-order valence-electron chi connectivity index (χ3n) is 5.22. The minimum atomic E-state index is -0.496. The minimum Gasteiger partial charge on any atom is -0.342 e. The highest BCUT2D eigenvalue weighted by Gasteiger charge is 2.47. The van der Waals surface area contributed by atoms with Gasteiger partial charge in [-0.25, -0.2) is 4.79 Å². The van der Waals surface area contributed by atoms with Crippen LogP contribution < -0.4 is 16.0 Å². The summed E-state index contributed by atoms with van der Waals surface area (Å²) in [5.41, 5.74) is 2.98. The Kier molecular flexibility index (Phi) is 4.89. The average Bonchev–Trinajstić information content (AvgIpc) is 2.98. The van der Waals surface area contributed by atoms with Crippen LogP contribution in [-0.2, 0) is 9.59 Å². The van der Waals surface area contributed by atoms with E-state index in [2.05, 4.69) is 16.0 Å². The fourth-order valence-corrected chi connectivity index (χ4v) is 3.55. The van der Waals surface area contributed by atoms with E-state index in [4.69, 9.17) is 0 Å². The zero-order valence-corrected chi connectivity index (χ0v) is 15.6. The van der Waals surface area contributed by atoms with Gasteiger partial charge in [0.1, 0.15) is 12.1 Å². The number of benzene rings is 1. The van der Waals surface area contributed by atoms with Gasteiger partial charge in [-0.1, -0.05) is 19.9 Å². The van der Waals surface area contributed by atoms with Gasteiger partial charge in [0.15, 0.2) is 0 Å². The van der Waals surface area contributed by atoms with Crippen molar-refractivity contribution in [1.82, 2.24) is 15.5 Å². The number of hydrogen-bond donors (Lipinski definition) is 3. The lowest BCUT2D eigenvalue weighted by atomic mass is 9.98. The van der Waals surface area contributed by atoms with Gasteiger partial charge in [-0.3, -0.25) is 9.59 Å². The number of rotatable bonds is 3. The summed E-state index contributed by atoms with van der Waals surface area (Å²) in [6, 6.07) is 4.17. The molecule has 7 heteroatoms. The lowest BCUT2D eigenvalue weighted by molar-refractivity contribution is -0.148. The van der Waals surface area contributed by atoms with Crippen molar-refractivity contribution < 1.29 is 14.4 Å². The fraction of sp³-hybridized carbons (Fsp3) is 0.526. The number of urea groups is 1. The molecule has 0 unspecified atom stereocenters. The Morgan fingerprint density at radius 3 is 2.62 bits per heavy atom. The Hall–Kier alpha value is -2.57. The predicted molar refractivity (Wildman–Crippen MR) is 98.7 cm³/mol. The van der Waals surface area contributed by atoms with Crippen molar-refractivity contribution in [2.45, 2.75) is 52.2 Å². The van der Waals surface area contributed by atoms with Crippen molar-refractivity contribution in [1.29, 1.82) is 0 Å². The van der Waals surface area contributed by atoms with Crippen molar-refractivity contribution in [3.05, 3.63) is 29.3 Å². The molecule has 26 heavy (non-hydrogen) atoms. The molecule has 2 heterocycles. The van der Waals surface area contributed by atoms with Gasteiger partial charge in [0.05, 0.1) is 6.04 Å². The first-order chi connectivity index (χ1) is 12.3. The van der Waals surface area contributed by atoms with Crippen LogP contribution in [0.3, 0.4) is 0 Å². The lowest BCUT2D eigenvalue weighted by Crippen LogP contribution is -2.62. The molecular weight excluding hydrogens is 332 g/mol. The summed E-state index contributed by atoms with van der Waals surface area (Å²) in [4.78, 5) is 38.7. The van der Waals surface area contributed by atoms with Crippen LogP contribution in [0, 0.1) is 19.8 Å². The van der Waals surface area contributed by atoms with Crippen molar-refractivity contribution in [3.8, 4) is 0 Å². The van der Waals surface area contributed by atoms with Crippen LogP contribution in [0.25, 0.3) is 0 Å². The van der Waals surface area contributed by atoms with Gasteiger partial charge < -0.3 is 20.9 Å². The number of aryl methyl sites for hydroxylation is 2. The number of nitrogens with one attached hydrogen (secondary N) is 3. The Bertz CT molecular complexity index is 746. The van der Waals surface area contributed by atoms with E-state index in [1.807, 2.05) is 45.9 Å². The molecule has 140 valence electrons. The van der Waals surface area contributed by atoms with Gasteiger partial charge in [-0.05, 0) is 49.4 Å². The highest BCUT2D eigenvalue weighted by atomic mass is 16.2. The Labute approximate surface area is 153 Å². The molecule has 1 aromatic rings. The Balaban J connectivity index is 1.61. The van der Waals surface area contributed by atoms with Gasteiger partial charge in [-0.2, -0.15) is 0 Å². The third-order valence-corrected chi connectivity index (χ3v) is 5.22. The number of fused-ring (bicyclic) bond motifs is 1.